The molecule has 0 unspecified atom stereocenters. The second kappa shape index (κ2) is 6.21. The lowest BCUT2D eigenvalue weighted by Gasteiger charge is -2.29. The molecule has 1 N–H and O–H groups in total. The van der Waals surface area contributed by atoms with Crippen LogP contribution in [0.15, 0.2) is 33.5 Å². The van der Waals surface area contributed by atoms with Crippen molar-refractivity contribution in [3.63, 3.8) is 0 Å². The fraction of sp³-hybridized carbons (Fsp3) is 0.444. The van der Waals surface area contributed by atoms with Crippen LogP contribution in [0.2, 0.25) is 0 Å². The van der Waals surface area contributed by atoms with Crippen LogP contribution in [0, 0.1) is 0 Å². The highest BCUT2D eigenvalue weighted by atomic mass is 79.9. The Morgan fingerprint density at radius 2 is 2.04 bits per heavy atom. The summed E-state index contributed by atoms with van der Waals surface area (Å²) in [4.78, 5) is 22.4. The molecule has 4 nitrogen and oxygen atoms in total. The average molecular weight is 376 g/mol. The van der Waals surface area contributed by atoms with Gasteiger partial charge in [0.2, 0.25) is 0 Å². The van der Waals surface area contributed by atoms with Gasteiger partial charge in [-0.05, 0) is 18.1 Å². The molecule has 1 aromatic heterocycles. The van der Waals surface area contributed by atoms with Crippen molar-refractivity contribution >= 4 is 15.9 Å². The smallest absolute Gasteiger partial charge is 0.254 e. The predicted molar refractivity (Wildman–Crippen MR) is 95.5 cm³/mol. The van der Waals surface area contributed by atoms with Gasteiger partial charge in [-0.1, -0.05) is 54.9 Å². The van der Waals surface area contributed by atoms with Crippen LogP contribution in [0.3, 0.4) is 0 Å². The number of rotatable bonds is 2. The zero-order valence-electron chi connectivity index (χ0n) is 13.8. The molecular weight excluding hydrogens is 354 g/mol. The van der Waals surface area contributed by atoms with Crippen molar-refractivity contribution in [3.8, 4) is 0 Å². The molecule has 2 aromatic rings. The van der Waals surface area contributed by atoms with E-state index in [4.69, 9.17) is 4.98 Å². The number of nitrogens with one attached hydrogen (secondary N) is 1. The monoisotopic (exact) mass is 375 g/mol. The van der Waals surface area contributed by atoms with Gasteiger partial charge in [0.15, 0.2) is 0 Å². The van der Waals surface area contributed by atoms with Gasteiger partial charge < -0.3 is 4.98 Å². The zero-order valence-corrected chi connectivity index (χ0v) is 15.4. The topological polar surface area (TPSA) is 49.0 Å². The van der Waals surface area contributed by atoms with E-state index in [1.807, 2.05) is 6.07 Å². The Labute approximate surface area is 145 Å². The van der Waals surface area contributed by atoms with Gasteiger partial charge in [0.05, 0.1) is 5.69 Å². The molecule has 0 bridgehead atoms. The van der Waals surface area contributed by atoms with Gasteiger partial charge in [-0.3, -0.25) is 9.69 Å². The third kappa shape index (κ3) is 3.56. The Bertz CT molecular complexity index is 777. The standard InChI is InChI=1S/C18H22BrN3O/c1-18(2,3)17-20-15-11-22(9-8-13(15)16(23)21-17)10-12-6-4-5-7-14(12)19/h4-7H,8-11H2,1-3H3,(H,20,21,23). The van der Waals surface area contributed by atoms with E-state index in [1.165, 1.54) is 5.56 Å². The number of fused-ring (bicyclic) bond motifs is 1. The van der Waals surface area contributed by atoms with E-state index >= 15 is 0 Å². The summed E-state index contributed by atoms with van der Waals surface area (Å²) < 4.78 is 1.13. The normalized spacial score (nSPS) is 15.5. The molecule has 0 radical (unpaired) electrons. The largest absolute Gasteiger partial charge is 0.310 e. The third-order valence-corrected chi connectivity index (χ3v) is 4.99. The molecule has 0 fully saturated rings. The van der Waals surface area contributed by atoms with E-state index in [-0.39, 0.29) is 11.0 Å². The number of nitrogens with zero attached hydrogens (tertiary/aromatic N) is 2. The van der Waals surface area contributed by atoms with Crippen LogP contribution in [0.4, 0.5) is 0 Å². The molecule has 0 saturated carbocycles. The first-order valence-electron chi connectivity index (χ1n) is 7.93. The lowest BCUT2D eigenvalue weighted by molar-refractivity contribution is 0.239. The number of aromatic nitrogens is 2. The summed E-state index contributed by atoms with van der Waals surface area (Å²) in [6, 6.07) is 8.27. The van der Waals surface area contributed by atoms with Crippen molar-refractivity contribution in [2.24, 2.45) is 0 Å². The number of aromatic amines is 1. The highest BCUT2D eigenvalue weighted by Crippen LogP contribution is 2.23. The maximum atomic E-state index is 12.3. The minimum atomic E-state index is -0.154. The minimum absolute atomic E-state index is 0.0282. The third-order valence-electron chi connectivity index (χ3n) is 4.21. The van der Waals surface area contributed by atoms with E-state index in [1.54, 1.807) is 0 Å². The van der Waals surface area contributed by atoms with Gasteiger partial charge in [0, 0.05) is 35.1 Å². The van der Waals surface area contributed by atoms with Crippen LogP contribution in [-0.2, 0) is 24.9 Å². The summed E-state index contributed by atoms with van der Waals surface area (Å²) >= 11 is 3.61. The molecule has 0 aliphatic carbocycles. The quantitative estimate of drug-likeness (QED) is 0.874. The highest BCUT2D eigenvalue weighted by Gasteiger charge is 2.24. The van der Waals surface area contributed by atoms with Crippen molar-refractivity contribution in [2.45, 2.75) is 45.7 Å². The van der Waals surface area contributed by atoms with E-state index < -0.39 is 0 Å². The Hall–Kier alpha value is -1.46. The van der Waals surface area contributed by atoms with Crippen LogP contribution in [-0.4, -0.2) is 21.4 Å². The van der Waals surface area contributed by atoms with Crippen LogP contribution in [0.25, 0.3) is 0 Å². The highest BCUT2D eigenvalue weighted by molar-refractivity contribution is 9.10. The maximum Gasteiger partial charge on any atom is 0.254 e. The lowest BCUT2D eigenvalue weighted by atomic mass is 9.95. The van der Waals surface area contributed by atoms with E-state index in [0.29, 0.717) is 0 Å². The van der Waals surface area contributed by atoms with Crippen LogP contribution in [0.1, 0.15) is 43.4 Å². The zero-order chi connectivity index (χ0) is 16.6. The summed E-state index contributed by atoms with van der Waals surface area (Å²) in [6.45, 7) is 8.68. The van der Waals surface area contributed by atoms with Crippen molar-refractivity contribution in [2.75, 3.05) is 6.54 Å². The van der Waals surface area contributed by atoms with Crippen LogP contribution in [0.5, 0.6) is 0 Å². The summed E-state index contributed by atoms with van der Waals surface area (Å²) in [7, 11) is 0. The Morgan fingerprint density at radius 3 is 2.74 bits per heavy atom. The first kappa shape index (κ1) is 16.4. The summed E-state index contributed by atoms with van der Waals surface area (Å²) in [6.07, 6.45) is 0.756. The molecule has 2 heterocycles. The number of hydrogen-bond acceptors (Lipinski definition) is 3. The van der Waals surface area contributed by atoms with Gasteiger partial charge >= 0.3 is 0 Å². The Morgan fingerprint density at radius 1 is 1.30 bits per heavy atom. The number of benzene rings is 1. The van der Waals surface area contributed by atoms with E-state index in [2.05, 4.69) is 64.8 Å². The Balaban J connectivity index is 1.87. The Kier molecular flexibility index (Phi) is 4.43. The van der Waals surface area contributed by atoms with Crippen LogP contribution < -0.4 is 5.56 Å². The number of halogens is 1. The first-order valence-corrected chi connectivity index (χ1v) is 8.72. The number of hydrogen-bond donors (Lipinski definition) is 1. The molecule has 1 aliphatic rings. The van der Waals surface area contributed by atoms with Crippen molar-refractivity contribution < 1.29 is 0 Å². The van der Waals surface area contributed by atoms with Gasteiger partial charge in [-0.25, -0.2) is 4.98 Å². The predicted octanol–water partition coefficient (Wildman–Crippen LogP) is 3.39. The van der Waals surface area contributed by atoms with Gasteiger partial charge in [0.1, 0.15) is 5.82 Å². The summed E-state index contributed by atoms with van der Waals surface area (Å²) in [5, 5.41) is 0. The van der Waals surface area contributed by atoms with Gasteiger partial charge in [-0.15, -0.1) is 0 Å². The molecule has 0 amide bonds. The van der Waals surface area contributed by atoms with Gasteiger partial charge in [-0.2, -0.15) is 0 Å². The minimum Gasteiger partial charge on any atom is -0.310 e. The lowest BCUT2D eigenvalue weighted by Crippen LogP contribution is -2.36. The average Bonchev–Trinajstić information content (AvgIpc) is 2.48. The molecular formula is C18H22BrN3O. The van der Waals surface area contributed by atoms with Gasteiger partial charge in [0.25, 0.3) is 5.56 Å². The van der Waals surface area contributed by atoms with Crippen molar-refractivity contribution in [3.05, 3.63) is 61.7 Å². The summed E-state index contributed by atoms with van der Waals surface area (Å²) in [5.74, 6) is 0.768. The van der Waals surface area contributed by atoms with Crippen LogP contribution >= 0.6 is 15.9 Å². The fourth-order valence-corrected chi connectivity index (χ4v) is 3.26. The van der Waals surface area contributed by atoms with E-state index in [0.717, 1.165) is 47.6 Å². The molecule has 3 rings (SSSR count). The molecule has 23 heavy (non-hydrogen) atoms. The SMILES string of the molecule is CC(C)(C)c1nc2c(c(=O)[nH]1)CCN(Cc1ccccc1Br)C2. The van der Waals surface area contributed by atoms with Crippen molar-refractivity contribution in [1.29, 1.82) is 0 Å². The first-order chi connectivity index (χ1) is 10.8. The molecule has 122 valence electrons. The molecule has 1 aliphatic heterocycles. The molecule has 5 heteroatoms. The second-order valence-corrected chi connectivity index (χ2v) is 8.00. The maximum absolute atomic E-state index is 12.3. The summed E-state index contributed by atoms with van der Waals surface area (Å²) in [5.41, 5.74) is 2.91. The molecule has 0 spiro atoms. The molecule has 0 saturated heterocycles. The molecule has 0 atom stereocenters. The number of H-pyrrole nitrogens is 1. The fourth-order valence-electron chi connectivity index (χ4n) is 2.85. The van der Waals surface area contributed by atoms with Crippen molar-refractivity contribution in [1.82, 2.24) is 14.9 Å². The molecule has 1 aromatic carbocycles. The second-order valence-electron chi connectivity index (χ2n) is 7.14. The van der Waals surface area contributed by atoms with E-state index in [9.17, 15) is 4.79 Å².